The fourth-order valence-corrected chi connectivity index (χ4v) is 3.25. The Labute approximate surface area is 116 Å². The van der Waals surface area contributed by atoms with Crippen LogP contribution in [0.3, 0.4) is 0 Å². The highest BCUT2D eigenvalue weighted by atomic mass is 16.7. The quantitative estimate of drug-likeness (QED) is 0.787. The second-order valence-corrected chi connectivity index (χ2v) is 5.99. The van der Waals surface area contributed by atoms with Crippen LogP contribution in [0.5, 0.6) is 0 Å². The van der Waals surface area contributed by atoms with Gasteiger partial charge in [0, 0.05) is 25.0 Å². The van der Waals surface area contributed by atoms with Crippen LogP contribution < -0.4 is 0 Å². The van der Waals surface area contributed by atoms with E-state index in [1.54, 1.807) is 7.11 Å². The second-order valence-electron chi connectivity index (χ2n) is 5.99. The lowest BCUT2D eigenvalue weighted by atomic mass is 9.81. The van der Waals surface area contributed by atoms with Gasteiger partial charge in [-0.15, -0.1) is 0 Å². The fraction of sp³-hybridized carbons (Fsp3) is 0.933. The summed E-state index contributed by atoms with van der Waals surface area (Å²) in [6.07, 6.45) is 3.31. The Bertz CT molecular complexity index is 329. The summed E-state index contributed by atoms with van der Waals surface area (Å²) in [5, 5.41) is 0. The van der Waals surface area contributed by atoms with Gasteiger partial charge in [0.15, 0.2) is 18.3 Å². The van der Waals surface area contributed by atoms with Gasteiger partial charge in [-0.25, -0.2) is 0 Å². The third-order valence-electron chi connectivity index (χ3n) is 3.97. The van der Waals surface area contributed by atoms with Crippen molar-refractivity contribution >= 4 is 5.90 Å². The van der Waals surface area contributed by atoms with Gasteiger partial charge in [0.1, 0.15) is 0 Å². The first-order chi connectivity index (χ1) is 9.06. The van der Waals surface area contributed by atoms with E-state index in [9.17, 15) is 0 Å². The average Bonchev–Trinajstić information content (AvgIpc) is 2.67. The molecule has 0 aliphatic carbocycles. The van der Waals surface area contributed by atoms with Crippen molar-refractivity contribution in [3.05, 3.63) is 0 Å². The topological polar surface area (TPSA) is 40.0 Å². The molecule has 1 unspecified atom stereocenters. The molecule has 0 saturated carbocycles. The van der Waals surface area contributed by atoms with E-state index in [1.165, 1.54) is 0 Å². The molecule has 2 rings (SSSR count). The predicted octanol–water partition coefficient (Wildman–Crippen LogP) is 3.01. The van der Waals surface area contributed by atoms with E-state index in [0.29, 0.717) is 11.8 Å². The van der Waals surface area contributed by atoms with Crippen molar-refractivity contribution in [1.82, 2.24) is 0 Å². The molecule has 2 fully saturated rings. The van der Waals surface area contributed by atoms with E-state index >= 15 is 0 Å². The molecule has 5 atom stereocenters. The van der Waals surface area contributed by atoms with Crippen LogP contribution in [0.15, 0.2) is 4.99 Å². The molecule has 0 aromatic rings. The van der Waals surface area contributed by atoms with Gasteiger partial charge in [0.05, 0.1) is 6.10 Å². The van der Waals surface area contributed by atoms with Gasteiger partial charge in [0.25, 0.3) is 0 Å². The molecular weight excluding hydrogens is 242 g/mol. The van der Waals surface area contributed by atoms with E-state index in [2.05, 4.69) is 32.7 Å². The molecule has 2 aliphatic rings. The zero-order chi connectivity index (χ0) is 14.0. The van der Waals surface area contributed by atoms with Crippen molar-refractivity contribution in [2.75, 3.05) is 7.11 Å². The zero-order valence-corrected chi connectivity index (χ0v) is 12.8. The minimum atomic E-state index is -0.257. The third kappa shape index (κ3) is 3.11. The van der Waals surface area contributed by atoms with Gasteiger partial charge >= 0.3 is 0 Å². The van der Waals surface area contributed by atoms with Crippen LogP contribution >= 0.6 is 0 Å². The molecule has 2 aliphatic heterocycles. The third-order valence-corrected chi connectivity index (χ3v) is 3.97. The fourth-order valence-electron chi connectivity index (χ4n) is 3.25. The first-order valence-corrected chi connectivity index (χ1v) is 7.49. The molecule has 2 heterocycles. The van der Waals surface area contributed by atoms with Gasteiger partial charge in [-0.3, -0.25) is 4.99 Å². The van der Waals surface area contributed by atoms with Crippen LogP contribution in [0.2, 0.25) is 0 Å². The molecule has 0 N–H and O–H groups in total. The van der Waals surface area contributed by atoms with Gasteiger partial charge in [-0.2, -0.15) is 0 Å². The predicted molar refractivity (Wildman–Crippen MR) is 75.3 cm³/mol. The van der Waals surface area contributed by atoms with E-state index in [-0.39, 0.29) is 24.5 Å². The van der Waals surface area contributed by atoms with Gasteiger partial charge in [0.2, 0.25) is 0 Å². The van der Waals surface area contributed by atoms with Crippen LogP contribution in [-0.2, 0) is 14.2 Å². The summed E-state index contributed by atoms with van der Waals surface area (Å²) in [6.45, 7) is 8.52. The monoisotopic (exact) mass is 269 g/mol. The molecule has 0 aromatic heterocycles. The summed E-state index contributed by atoms with van der Waals surface area (Å²) in [5.41, 5.74) is 0. The van der Waals surface area contributed by atoms with Crippen LogP contribution in [0.1, 0.15) is 47.0 Å². The molecule has 0 radical (unpaired) electrons. The Kier molecular flexibility index (Phi) is 4.85. The SMILES string of the molecule is CCCC1/C(=N\C(C)C)O[C@H]2[C@H](OC)O[C@H](C)C[C@H]12. The van der Waals surface area contributed by atoms with E-state index in [4.69, 9.17) is 14.2 Å². The summed E-state index contributed by atoms with van der Waals surface area (Å²) in [7, 11) is 1.69. The molecule has 0 amide bonds. The van der Waals surface area contributed by atoms with Crippen LogP contribution in [0.25, 0.3) is 0 Å². The van der Waals surface area contributed by atoms with Crippen LogP contribution in [0, 0.1) is 11.8 Å². The van der Waals surface area contributed by atoms with Crippen LogP contribution in [0.4, 0.5) is 0 Å². The van der Waals surface area contributed by atoms with E-state index in [0.717, 1.165) is 25.2 Å². The number of nitrogens with zero attached hydrogens (tertiary/aromatic N) is 1. The zero-order valence-electron chi connectivity index (χ0n) is 12.8. The first-order valence-electron chi connectivity index (χ1n) is 7.49. The number of methoxy groups -OCH3 is 1. The molecule has 0 aromatic carbocycles. The Morgan fingerprint density at radius 3 is 2.74 bits per heavy atom. The Morgan fingerprint density at radius 1 is 1.42 bits per heavy atom. The summed E-state index contributed by atoms with van der Waals surface area (Å²) in [4.78, 5) is 4.68. The average molecular weight is 269 g/mol. The Morgan fingerprint density at radius 2 is 2.16 bits per heavy atom. The Balaban J connectivity index is 2.22. The van der Waals surface area contributed by atoms with Crippen molar-refractivity contribution in [2.45, 2.75) is 71.5 Å². The minimum absolute atomic E-state index is 0.00949. The lowest BCUT2D eigenvalue weighted by Gasteiger charge is -2.36. The summed E-state index contributed by atoms with van der Waals surface area (Å²) in [5.74, 6) is 1.83. The normalized spacial score (nSPS) is 40.5. The molecule has 0 spiro atoms. The van der Waals surface area contributed by atoms with Crippen molar-refractivity contribution < 1.29 is 14.2 Å². The van der Waals surface area contributed by atoms with Crippen molar-refractivity contribution in [3.8, 4) is 0 Å². The maximum atomic E-state index is 6.09. The van der Waals surface area contributed by atoms with Crippen molar-refractivity contribution in [2.24, 2.45) is 16.8 Å². The maximum absolute atomic E-state index is 6.09. The molecular formula is C15H27NO3. The number of hydrogen-bond acceptors (Lipinski definition) is 4. The second kappa shape index (κ2) is 6.23. The summed E-state index contributed by atoms with van der Waals surface area (Å²) in [6, 6.07) is 0.272. The lowest BCUT2D eigenvalue weighted by molar-refractivity contribution is -0.231. The molecule has 2 saturated heterocycles. The molecule has 110 valence electrons. The highest BCUT2D eigenvalue weighted by molar-refractivity contribution is 5.81. The van der Waals surface area contributed by atoms with Crippen molar-refractivity contribution in [3.63, 3.8) is 0 Å². The maximum Gasteiger partial charge on any atom is 0.195 e. The lowest BCUT2D eigenvalue weighted by Crippen LogP contribution is -2.44. The number of hydrogen-bond donors (Lipinski definition) is 0. The number of fused-ring (bicyclic) bond motifs is 1. The number of rotatable bonds is 4. The molecule has 0 bridgehead atoms. The van der Waals surface area contributed by atoms with Crippen molar-refractivity contribution in [1.29, 1.82) is 0 Å². The largest absolute Gasteiger partial charge is 0.472 e. The molecule has 4 nitrogen and oxygen atoms in total. The molecule has 19 heavy (non-hydrogen) atoms. The van der Waals surface area contributed by atoms with Gasteiger partial charge < -0.3 is 14.2 Å². The summed E-state index contributed by atoms with van der Waals surface area (Å²) >= 11 is 0. The minimum Gasteiger partial charge on any atom is -0.472 e. The standard InChI is InChI=1S/C15H27NO3/c1-6-7-11-12-8-10(4)18-15(17-5)13(12)19-14(11)16-9(2)3/h9-13,15H,6-8H2,1-5H3/b16-14+/t10-,11?,12-,13-,15-/m1/s1. The number of ether oxygens (including phenoxy) is 3. The smallest absolute Gasteiger partial charge is 0.195 e. The van der Waals surface area contributed by atoms with E-state index < -0.39 is 0 Å². The Hall–Kier alpha value is -0.610. The van der Waals surface area contributed by atoms with Gasteiger partial charge in [-0.05, 0) is 33.6 Å². The van der Waals surface area contributed by atoms with Gasteiger partial charge in [-0.1, -0.05) is 13.3 Å². The highest BCUT2D eigenvalue weighted by Gasteiger charge is 2.50. The van der Waals surface area contributed by atoms with E-state index in [1.807, 2.05) is 0 Å². The summed E-state index contributed by atoms with van der Waals surface area (Å²) < 4.78 is 17.4. The highest BCUT2D eigenvalue weighted by Crippen LogP contribution is 2.42. The number of aliphatic imine (C=N–C) groups is 1. The van der Waals surface area contributed by atoms with Crippen LogP contribution in [-0.4, -0.2) is 37.5 Å². The molecule has 4 heteroatoms. The first kappa shape index (κ1) is 14.8.